The third kappa shape index (κ3) is 3.20. The quantitative estimate of drug-likeness (QED) is 0.874. The second-order valence-electron chi connectivity index (χ2n) is 7.39. The fourth-order valence-corrected chi connectivity index (χ4v) is 4.94. The van der Waals surface area contributed by atoms with E-state index in [2.05, 4.69) is 4.98 Å². The van der Waals surface area contributed by atoms with Crippen LogP contribution in [0.2, 0.25) is 0 Å². The summed E-state index contributed by atoms with van der Waals surface area (Å²) in [4.78, 5) is 32.1. The summed E-state index contributed by atoms with van der Waals surface area (Å²) in [5, 5.41) is 10.1. The van der Waals surface area contributed by atoms with Gasteiger partial charge in [-0.15, -0.1) is 11.3 Å². The van der Waals surface area contributed by atoms with Gasteiger partial charge in [0, 0.05) is 30.3 Å². The monoisotopic (exact) mass is 386 g/mol. The number of hydrogen-bond acceptors (Lipinski definition) is 5. The number of thiazole rings is 1. The molecule has 1 saturated heterocycles. The number of aromatic nitrogens is 1. The zero-order valence-corrected chi connectivity index (χ0v) is 16.0. The van der Waals surface area contributed by atoms with Crippen LogP contribution in [-0.2, 0) is 22.4 Å². The van der Waals surface area contributed by atoms with Gasteiger partial charge in [0.2, 0.25) is 5.91 Å². The van der Waals surface area contributed by atoms with Gasteiger partial charge in [0.1, 0.15) is 5.75 Å². The Hall–Kier alpha value is -2.41. The van der Waals surface area contributed by atoms with Crippen molar-refractivity contribution in [2.24, 2.45) is 11.3 Å². The van der Waals surface area contributed by atoms with Crippen LogP contribution in [0.3, 0.4) is 0 Å². The van der Waals surface area contributed by atoms with Crippen molar-refractivity contribution in [3.63, 3.8) is 0 Å². The summed E-state index contributed by atoms with van der Waals surface area (Å²) in [6.45, 7) is 2.94. The summed E-state index contributed by atoms with van der Waals surface area (Å²) in [5.41, 5.74) is 2.67. The maximum absolute atomic E-state index is 12.8. The number of hydrogen-bond donors (Lipinski definition) is 1. The number of benzene rings is 1. The van der Waals surface area contributed by atoms with Crippen LogP contribution in [0, 0.1) is 18.3 Å². The highest BCUT2D eigenvalue weighted by Crippen LogP contribution is 2.44. The van der Waals surface area contributed by atoms with Crippen LogP contribution in [-0.4, -0.2) is 46.6 Å². The summed E-state index contributed by atoms with van der Waals surface area (Å²) < 4.78 is 5.89. The first-order valence-electron chi connectivity index (χ1n) is 9.10. The number of rotatable bonds is 4. The standard InChI is InChI=1S/C20H22N2O4S/c1-13-17(27-12-21-13)6-7-18(23)22-9-15-10-26-16-5-3-2-4-14(16)8-20(15,11-22)19(24)25/h2-5,12,15H,6-11H2,1H3,(H,24,25). The number of para-hydroxylation sites is 1. The molecule has 3 heterocycles. The Morgan fingerprint density at radius 2 is 2.22 bits per heavy atom. The molecule has 2 atom stereocenters. The van der Waals surface area contributed by atoms with Crippen LogP contribution in [0.1, 0.15) is 22.6 Å². The van der Waals surface area contributed by atoms with Crippen LogP contribution in [0.4, 0.5) is 0 Å². The van der Waals surface area contributed by atoms with Crippen molar-refractivity contribution in [2.75, 3.05) is 19.7 Å². The van der Waals surface area contributed by atoms with Crippen LogP contribution < -0.4 is 4.74 Å². The number of likely N-dealkylation sites (tertiary alicyclic amines) is 1. The second-order valence-corrected chi connectivity index (χ2v) is 8.33. The van der Waals surface area contributed by atoms with Gasteiger partial charge in [-0.2, -0.15) is 0 Å². The van der Waals surface area contributed by atoms with Crippen LogP contribution in [0.25, 0.3) is 0 Å². The molecule has 0 spiro atoms. The number of aliphatic carboxylic acids is 1. The van der Waals surface area contributed by atoms with E-state index in [-0.39, 0.29) is 18.4 Å². The Kier molecular flexibility index (Phi) is 4.63. The normalized spacial score (nSPS) is 23.9. The molecule has 27 heavy (non-hydrogen) atoms. The van der Waals surface area contributed by atoms with Gasteiger partial charge < -0.3 is 14.7 Å². The summed E-state index contributed by atoms with van der Waals surface area (Å²) in [6.07, 6.45) is 1.42. The van der Waals surface area contributed by atoms with Crippen molar-refractivity contribution in [1.82, 2.24) is 9.88 Å². The van der Waals surface area contributed by atoms with E-state index in [4.69, 9.17) is 4.74 Å². The van der Waals surface area contributed by atoms with E-state index in [1.54, 1.807) is 21.7 Å². The molecular weight excluding hydrogens is 364 g/mol. The Bertz CT molecular complexity index is 880. The third-order valence-corrected chi connectivity index (χ3v) is 6.80. The lowest BCUT2D eigenvalue weighted by atomic mass is 9.74. The van der Waals surface area contributed by atoms with Gasteiger partial charge in [-0.05, 0) is 31.4 Å². The van der Waals surface area contributed by atoms with Gasteiger partial charge in [-0.1, -0.05) is 18.2 Å². The number of carboxylic acids is 1. The molecule has 0 aliphatic carbocycles. The molecule has 142 valence electrons. The van der Waals surface area contributed by atoms with E-state index in [0.717, 1.165) is 21.9 Å². The zero-order valence-electron chi connectivity index (χ0n) is 15.2. The molecule has 1 aromatic carbocycles. The Morgan fingerprint density at radius 1 is 1.41 bits per heavy atom. The number of fused-ring (bicyclic) bond motifs is 2. The molecule has 0 saturated carbocycles. The number of ether oxygens (including phenoxy) is 1. The van der Waals surface area contributed by atoms with Crippen LogP contribution >= 0.6 is 11.3 Å². The fraction of sp³-hybridized carbons (Fsp3) is 0.450. The first kappa shape index (κ1) is 18.0. The summed E-state index contributed by atoms with van der Waals surface area (Å²) in [5.74, 6) is -0.297. The van der Waals surface area contributed by atoms with E-state index in [9.17, 15) is 14.7 Å². The van der Waals surface area contributed by atoms with Crippen LogP contribution in [0.15, 0.2) is 29.8 Å². The van der Waals surface area contributed by atoms with Crippen molar-refractivity contribution in [2.45, 2.75) is 26.2 Å². The highest BCUT2D eigenvalue weighted by molar-refractivity contribution is 7.09. The smallest absolute Gasteiger partial charge is 0.312 e. The average molecular weight is 386 g/mol. The van der Waals surface area contributed by atoms with Crippen LogP contribution in [0.5, 0.6) is 5.75 Å². The highest BCUT2D eigenvalue weighted by atomic mass is 32.1. The zero-order chi connectivity index (χ0) is 19.0. The highest BCUT2D eigenvalue weighted by Gasteiger charge is 2.55. The Morgan fingerprint density at radius 3 is 2.96 bits per heavy atom. The molecule has 1 fully saturated rings. The Labute approximate surface area is 161 Å². The molecule has 1 aromatic heterocycles. The first-order valence-corrected chi connectivity index (χ1v) is 9.98. The Balaban J connectivity index is 1.52. The number of aryl methyl sites for hydroxylation is 2. The van der Waals surface area contributed by atoms with Gasteiger partial charge >= 0.3 is 5.97 Å². The van der Waals surface area contributed by atoms with E-state index in [1.807, 2.05) is 31.2 Å². The molecule has 2 aliphatic heterocycles. The number of carbonyl (C=O) groups excluding carboxylic acids is 1. The number of carboxylic acid groups (broad SMARTS) is 1. The van der Waals surface area contributed by atoms with E-state index in [1.165, 1.54) is 0 Å². The van der Waals surface area contributed by atoms with Crippen molar-refractivity contribution in [3.05, 3.63) is 45.9 Å². The third-order valence-electron chi connectivity index (χ3n) is 5.80. The van der Waals surface area contributed by atoms with Crippen molar-refractivity contribution in [1.29, 1.82) is 0 Å². The largest absolute Gasteiger partial charge is 0.493 e. The van der Waals surface area contributed by atoms with E-state index in [0.29, 0.717) is 32.4 Å². The fourth-order valence-electron chi connectivity index (χ4n) is 4.16. The number of amides is 1. The van der Waals surface area contributed by atoms with Crippen molar-refractivity contribution < 1.29 is 19.4 Å². The van der Waals surface area contributed by atoms with Gasteiger partial charge in [0.15, 0.2) is 0 Å². The number of nitrogens with zero attached hydrogens (tertiary/aromatic N) is 2. The predicted octanol–water partition coefficient (Wildman–Crippen LogP) is 2.55. The maximum atomic E-state index is 12.8. The summed E-state index contributed by atoms with van der Waals surface area (Å²) >= 11 is 1.56. The SMILES string of the molecule is Cc1ncsc1CCC(=O)N1CC2COc3ccccc3CC2(C(=O)O)C1. The molecule has 7 heteroatoms. The maximum Gasteiger partial charge on any atom is 0.312 e. The average Bonchev–Trinajstić information content (AvgIpc) is 3.19. The van der Waals surface area contributed by atoms with E-state index < -0.39 is 11.4 Å². The lowest BCUT2D eigenvalue weighted by Gasteiger charge is -2.27. The van der Waals surface area contributed by atoms with Crippen molar-refractivity contribution >= 4 is 23.2 Å². The molecule has 6 nitrogen and oxygen atoms in total. The minimum atomic E-state index is -0.983. The first-order chi connectivity index (χ1) is 13.0. The van der Waals surface area contributed by atoms with Crippen molar-refractivity contribution in [3.8, 4) is 5.75 Å². The molecule has 1 amide bonds. The lowest BCUT2D eigenvalue weighted by molar-refractivity contribution is -0.151. The minimum absolute atomic E-state index is 0.00443. The van der Waals surface area contributed by atoms with Gasteiger partial charge in [0.25, 0.3) is 0 Å². The molecule has 4 rings (SSSR count). The molecule has 0 bridgehead atoms. The van der Waals surface area contributed by atoms with Gasteiger partial charge in [-0.3, -0.25) is 9.59 Å². The minimum Gasteiger partial charge on any atom is -0.493 e. The number of carbonyl (C=O) groups is 2. The topological polar surface area (TPSA) is 79.7 Å². The predicted molar refractivity (Wildman–Crippen MR) is 101 cm³/mol. The molecule has 2 aromatic rings. The molecule has 2 unspecified atom stereocenters. The molecular formula is C20H22N2O4S. The summed E-state index contributed by atoms with van der Waals surface area (Å²) in [6, 6.07) is 7.59. The van der Waals surface area contributed by atoms with Gasteiger partial charge in [-0.25, -0.2) is 4.98 Å². The lowest BCUT2D eigenvalue weighted by Crippen LogP contribution is -2.42. The molecule has 1 N–H and O–H groups in total. The summed E-state index contributed by atoms with van der Waals surface area (Å²) in [7, 11) is 0. The van der Waals surface area contributed by atoms with E-state index >= 15 is 0 Å². The van der Waals surface area contributed by atoms with Gasteiger partial charge in [0.05, 0.1) is 23.2 Å². The molecule has 2 aliphatic rings. The molecule has 0 radical (unpaired) electrons. The second kappa shape index (κ2) is 6.96.